The van der Waals surface area contributed by atoms with Crippen LogP contribution in [-0.2, 0) is 0 Å². The van der Waals surface area contributed by atoms with Crippen LogP contribution in [-0.4, -0.2) is 16.0 Å². The zero-order chi connectivity index (χ0) is 9.19. The van der Waals surface area contributed by atoms with E-state index in [1.165, 1.54) is 5.56 Å². The first-order chi connectivity index (χ1) is 5.52. The molecule has 0 fully saturated rings. The van der Waals surface area contributed by atoms with Gasteiger partial charge in [-0.05, 0) is 0 Å². The Balaban J connectivity index is 2.86. The minimum atomic E-state index is 0.335. The quantitative estimate of drug-likeness (QED) is 0.647. The van der Waals surface area contributed by atoms with Crippen molar-refractivity contribution in [1.82, 2.24) is 0 Å². The molecule has 0 aliphatic carbocycles. The molecule has 0 N–H and O–H groups in total. The van der Waals surface area contributed by atoms with Crippen molar-refractivity contribution in [2.24, 2.45) is 5.41 Å². The zero-order valence-electron chi connectivity index (χ0n) is 7.91. The molecule has 0 heterocycles. The summed E-state index contributed by atoms with van der Waals surface area (Å²) in [6.07, 6.45) is 0. The van der Waals surface area contributed by atoms with Gasteiger partial charge in [-0.1, -0.05) is 0 Å². The fourth-order valence-electron chi connectivity index (χ4n) is 1.14. The van der Waals surface area contributed by atoms with Gasteiger partial charge < -0.3 is 0 Å². The standard InChI is InChI=1S/C11H16Se/c1-11(2,3)10(12)9-7-5-4-6-8-9/h4-8,10,12H,1-3H3. The van der Waals surface area contributed by atoms with Crippen LogP contribution in [0.3, 0.4) is 0 Å². The van der Waals surface area contributed by atoms with E-state index in [9.17, 15) is 0 Å². The van der Waals surface area contributed by atoms with Gasteiger partial charge in [0.05, 0.1) is 0 Å². The maximum absolute atomic E-state index is 2.76. The third-order valence-electron chi connectivity index (χ3n) is 1.94. The Morgan fingerprint density at radius 3 is 2.00 bits per heavy atom. The van der Waals surface area contributed by atoms with E-state index in [1.54, 1.807) is 0 Å². The fourth-order valence-corrected chi connectivity index (χ4v) is 1.50. The van der Waals surface area contributed by atoms with Gasteiger partial charge in [-0.25, -0.2) is 0 Å². The molecule has 12 heavy (non-hydrogen) atoms. The Hall–Kier alpha value is -0.261. The summed E-state index contributed by atoms with van der Waals surface area (Å²) in [6.45, 7) is 6.80. The summed E-state index contributed by atoms with van der Waals surface area (Å²) in [5.41, 5.74) is 1.74. The molecule has 1 aromatic rings. The van der Waals surface area contributed by atoms with Gasteiger partial charge in [0.1, 0.15) is 0 Å². The molecular formula is C11H16Se. The predicted octanol–water partition coefficient (Wildman–Crippen LogP) is 2.67. The molecule has 1 aromatic carbocycles. The first-order valence-corrected chi connectivity index (χ1v) is 5.33. The molecule has 1 unspecified atom stereocenters. The van der Waals surface area contributed by atoms with Crippen molar-refractivity contribution >= 4 is 16.0 Å². The Morgan fingerprint density at radius 2 is 1.58 bits per heavy atom. The van der Waals surface area contributed by atoms with Crippen LogP contribution < -0.4 is 0 Å². The number of hydrogen-bond donors (Lipinski definition) is 0. The molecule has 0 bridgehead atoms. The van der Waals surface area contributed by atoms with Gasteiger partial charge in [-0.3, -0.25) is 0 Å². The van der Waals surface area contributed by atoms with Crippen LogP contribution >= 0.6 is 0 Å². The molecule has 0 aliphatic heterocycles. The molecule has 0 aromatic heterocycles. The van der Waals surface area contributed by atoms with E-state index in [-0.39, 0.29) is 0 Å². The molecule has 1 atom stereocenters. The molecule has 0 spiro atoms. The molecule has 1 heteroatoms. The Kier molecular flexibility index (Phi) is 2.98. The summed E-state index contributed by atoms with van der Waals surface area (Å²) in [5, 5.41) is 0. The van der Waals surface area contributed by atoms with Crippen LogP contribution in [0.1, 0.15) is 31.2 Å². The maximum atomic E-state index is 2.76. The van der Waals surface area contributed by atoms with Gasteiger partial charge in [-0.2, -0.15) is 0 Å². The Morgan fingerprint density at radius 1 is 1.08 bits per heavy atom. The topological polar surface area (TPSA) is 0 Å². The number of benzene rings is 1. The average Bonchev–Trinajstić information content (AvgIpc) is 2.03. The summed E-state index contributed by atoms with van der Waals surface area (Å²) in [4.78, 5) is 0.561. The molecule has 66 valence electrons. The predicted molar refractivity (Wildman–Crippen MR) is 55.8 cm³/mol. The van der Waals surface area contributed by atoms with Crippen LogP contribution in [0.15, 0.2) is 30.3 Å². The average molecular weight is 227 g/mol. The summed E-state index contributed by atoms with van der Waals surface area (Å²) >= 11 is 2.76. The first-order valence-electron chi connectivity index (χ1n) is 4.25. The van der Waals surface area contributed by atoms with Crippen LogP contribution in [0.4, 0.5) is 0 Å². The molecule has 0 amide bonds. The van der Waals surface area contributed by atoms with E-state index in [0.29, 0.717) is 10.2 Å². The van der Waals surface area contributed by atoms with E-state index < -0.39 is 0 Å². The van der Waals surface area contributed by atoms with Gasteiger partial charge in [0, 0.05) is 0 Å². The number of hydrogen-bond acceptors (Lipinski definition) is 0. The molecule has 1 rings (SSSR count). The first kappa shape index (κ1) is 9.82. The summed E-state index contributed by atoms with van der Waals surface area (Å²) < 4.78 is 0. The normalized spacial score (nSPS) is 14.3. The minimum absolute atomic E-state index is 0.335. The zero-order valence-corrected chi connectivity index (χ0v) is 9.79. The van der Waals surface area contributed by atoms with Crippen LogP contribution in [0.2, 0.25) is 0 Å². The molecule has 0 radical (unpaired) electrons. The Labute approximate surface area is 83.2 Å². The third kappa shape index (κ3) is 2.36. The molecular weight excluding hydrogens is 211 g/mol. The van der Waals surface area contributed by atoms with Crippen molar-refractivity contribution in [2.45, 2.75) is 25.6 Å². The van der Waals surface area contributed by atoms with Crippen molar-refractivity contribution in [1.29, 1.82) is 0 Å². The van der Waals surface area contributed by atoms with E-state index >= 15 is 0 Å². The summed E-state index contributed by atoms with van der Waals surface area (Å²) in [5.74, 6) is 0. The van der Waals surface area contributed by atoms with Crippen molar-refractivity contribution < 1.29 is 0 Å². The van der Waals surface area contributed by atoms with Crippen molar-refractivity contribution in [3.8, 4) is 0 Å². The second kappa shape index (κ2) is 3.64. The van der Waals surface area contributed by atoms with Crippen LogP contribution in [0.25, 0.3) is 0 Å². The van der Waals surface area contributed by atoms with Gasteiger partial charge in [0.2, 0.25) is 0 Å². The van der Waals surface area contributed by atoms with E-state index in [1.807, 2.05) is 0 Å². The molecule has 0 nitrogen and oxygen atoms in total. The monoisotopic (exact) mass is 228 g/mol. The van der Waals surface area contributed by atoms with E-state index in [0.717, 1.165) is 0 Å². The SMILES string of the molecule is CC(C)(C)C([SeH])c1ccccc1. The summed E-state index contributed by atoms with van der Waals surface area (Å²) in [6, 6.07) is 10.6. The van der Waals surface area contributed by atoms with Crippen molar-refractivity contribution in [3.05, 3.63) is 35.9 Å². The molecule has 0 saturated heterocycles. The van der Waals surface area contributed by atoms with E-state index in [4.69, 9.17) is 0 Å². The Bertz CT molecular complexity index is 233. The second-order valence-electron chi connectivity index (χ2n) is 4.18. The fraction of sp³-hybridized carbons (Fsp3) is 0.455. The summed E-state index contributed by atoms with van der Waals surface area (Å²) in [7, 11) is 0. The molecule has 0 saturated carbocycles. The number of rotatable bonds is 1. The van der Waals surface area contributed by atoms with Gasteiger partial charge >= 0.3 is 82.9 Å². The van der Waals surface area contributed by atoms with Crippen molar-refractivity contribution in [3.63, 3.8) is 0 Å². The van der Waals surface area contributed by atoms with Crippen LogP contribution in [0.5, 0.6) is 0 Å². The van der Waals surface area contributed by atoms with Gasteiger partial charge in [-0.15, -0.1) is 0 Å². The van der Waals surface area contributed by atoms with E-state index in [2.05, 4.69) is 67.1 Å². The molecule has 0 aliphatic rings. The van der Waals surface area contributed by atoms with Crippen molar-refractivity contribution in [2.75, 3.05) is 0 Å². The second-order valence-corrected chi connectivity index (χ2v) is 5.26. The van der Waals surface area contributed by atoms with Crippen LogP contribution in [0, 0.1) is 5.41 Å². The third-order valence-corrected chi connectivity index (χ3v) is 4.19. The van der Waals surface area contributed by atoms with Gasteiger partial charge in [0.25, 0.3) is 0 Å². The van der Waals surface area contributed by atoms with Gasteiger partial charge in [0.15, 0.2) is 0 Å².